The fraction of sp³-hybridized carbons (Fsp3) is 1.00. The molecule has 5 nitrogen and oxygen atoms in total. The lowest BCUT2D eigenvalue weighted by molar-refractivity contribution is -0.499. The molecule has 17 heavy (non-hydrogen) atoms. The largest absolute Gasteiger partial charge is 0.350 e. The standard InChI is InChI=1S/C12H23NO4/c1-9-6-5-7-11(16-9)17-10(8-13(14)15)12(2,3)4/h9-11H,5-8H2,1-4H3/t9-,10-,11+/m0/s1. The Bertz CT molecular complexity index is 262. The van der Waals surface area contributed by atoms with Crippen molar-refractivity contribution in [3.63, 3.8) is 0 Å². The lowest BCUT2D eigenvalue weighted by atomic mass is 9.89. The van der Waals surface area contributed by atoms with Crippen LogP contribution in [-0.4, -0.2) is 30.0 Å². The zero-order chi connectivity index (χ0) is 13.1. The Morgan fingerprint density at radius 1 is 1.47 bits per heavy atom. The topological polar surface area (TPSA) is 61.6 Å². The second-order valence-electron chi connectivity index (χ2n) is 5.81. The Hall–Kier alpha value is -0.680. The second-order valence-corrected chi connectivity index (χ2v) is 5.81. The Morgan fingerprint density at radius 2 is 2.12 bits per heavy atom. The normalized spacial score (nSPS) is 27.8. The van der Waals surface area contributed by atoms with Crippen LogP contribution in [0.1, 0.15) is 47.0 Å². The van der Waals surface area contributed by atoms with Crippen molar-refractivity contribution in [2.24, 2.45) is 5.41 Å². The van der Waals surface area contributed by atoms with Crippen molar-refractivity contribution in [2.75, 3.05) is 6.54 Å². The SMILES string of the molecule is C[C@H]1CCC[C@@H](O[C@@H](C[N+](=O)[O-])C(C)(C)C)O1. The fourth-order valence-corrected chi connectivity index (χ4v) is 1.91. The number of nitro groups is 1. The summed E-state index contributed by atoms with van der Waals surface area (Å²) < 4.78 is 11.4. The van der Waals surface area contributed by atoms with E-state index in [2.05, 4.69) is 0 Å². The fourth-order valence-electron chi connectivity index (χ4n) is 1.91. The molecule has 0 radical (unpaired) electrons. The number of ether oxygens (including phenoxy) is 2. The van der Waals surface area contributed by atoms with Crippen molar-refractivity contribution in [1.29, 1.82) is 0 Å². The van der Waals surface area contributed by atoms with Crippen LogP contribution in [0.2, 0.25) is 0 Å². The maximum atomic E-state index is 10.6. The molecular formula is C12H23NO4. The Kier molecular flexibility index (Phi) is 4.89. The monoisotopic (exact) mass is 245 g/mol. The molecule has 3 atom stereocenters. The molecule has 1 fully saturated rings. The molecule has 0 aliphatic carbocycles. The lowest BCUT2D eigenvalue weighted by Crippen LogP contribution is -2.41. The minimum absolute atomic E-state index is 0.169. The van der Waals surface area contributed by atoms with Crippen molar-refractivity contribution in [2.45, 2.75) is 65.5 Å². The van der Waals surface area contributed by atoms with Crippen LogP contribution >= 0.6 is 0 Å². The first-order chi connectivity index (χ1) is 7.79. The van der Waals surface area contributed by atoms with Crippen molar-refractivity contribution in [3.05, 3.63) is 10.1 Å². The third-order valence-corrected chi connectivity index (χ3v) is 3.03. The summed E-state index contributed by atoms with van der Waals surface area (Å²) in [6, 6.07) is 0. The van der Waals surface area contributed by atoms with Crippen molar-refractivity contribution >= 4 is 0 Å². The lowest BCUT2D eigenvalue weighted by Gasteiger charge is -2.34. The molecule has 1 aliphatic heterocycles. The molecule has 0 aromatic carbocycles. The highest BCUT2D eigenvalue weighted by atomic mass is 16.7. The smallest absolute Gasteiger partial charge is 0.230 e. The average Bonchev–Trinajstić information content (AvgIpc) is 2.14. The van der Waals surface area contributed by atoms with Gasteiger partial charge >= 0.3 is 0 Å². The highest BCUT2D eigenvalue weighted by Crippen LogP contribution is 2.27. The van der Waals surface area contributed by atoms with E-state index in [1.165, 1.54) is 0 Å². The highest BCUT2D eigenvalue weighted by molar-refractivity contribution is 4.75. The summed E-state index contributed by atoms with van der Waals surface area (Å²) in [5, 5.41) is 10.6. The maximum Gasteiger partial charge on any atom is 0.230 e. The van der Waals surface area contributed by atoms with Crippen LogP contribution in [0.25, 0.3) is 0 Å². The Morgan fingerprint density at radius 3 is 2.59 bits per heavy atom. The summed E-state index contributed by atoms with van der Waals surface area (Å²) in [4.78, 5) is 10.3. The quantitative estimate of drug-likeness (QED) is 0.564. The Balaban J connectivity index is 2.56. The van der Waals surface area contributed by atoms with E-state index in [9.17, 15) is 10.1 Å². The molecule has 0 saturated carbocycles. The molecule has 0 unspecified atom stereocenters. The Labute approximate surface area is 103 Å². The third kappa shape index (κ3) is 5.00. The van der Waals surface area contributed by atoms with Gasteiger partial charge in [0.1, 0.15) is 6.10 Å². The maximum absolute atomic E-state index is 10.6. The summed E-state index contributed by atoms with van der Waals surface area (Å²) >= 11 is 0. The predicted molar refractivity (Wildman–Crippen MR) is 64.4 cm³/mol. The molecule has 0 aromatic heterocycles. The van der Waals surface area contributed by atoms with Crippen LogP contribution in [0, 0.1) is 15.5 Å². The summed E-state index contributed by atoms with van der Waals surface area (Å²) in [6.07, 6.45) is 2.41. The molecule has 1 heterocycles. The number of hydrogen-bond acceptors (Lipinski definition) is 4. The van der Waals surface area contributed by atoms with Crippen molar-refractivity contribution in [1.82, 2.24) is 0 Å². The predicted octanol–water partition coefficient (Wildman–Crippen LogP) is 2.61. The molecule has 1 saturated heterocycles. The first-order valence-corrected chi connectivity index (χ1v) is 6.21. The molecule has 0 spiro atoms. The van der Waals surface area contributed by atoms with Crippen LogP contribution in [-0.2, 0) is 9.47 Å². The van der Waals surface area contributed by atoms with Crippen molar-refractivity contribution in [3.8, 4) is 0 Å². The molecular weight excluding hydrogens is 222 g/mol. The van der Waals surface area contributed by atoms with E-state index in [1.807, 2.05) is 27.7 Å². The minimum atomic E-state index is -0.409. The van der Waals surface area contributed by atoms with Crippen LogP contribution in [0.5, 0.6) is 0 Å². The van der Waals surface area contributed by atoms with Gasteiger partial charge in [-0.2, -0.15) is 0 Å². The third-order valence-electron chi connectivity index (χ3n) is 3.03. The first-order valence-electron chi connectivity index (χ1n) is 6.21. The number of nitrogens with zero attached hydrogens (tertiary/aromatic N) is 1. The van der Waals surface area contributed by atoms with Gasteiger partial charge in [0.15, 0.2) is 6.29 Å². The highest BCUT2D eigenvalue weighted by Gasteiger charge is 2.34. The van der Waals surface area contributed by atoms with Gasteiger partial charge in [-0.15, -0.1) is 0 Å². The molecule has 0 aromatic rings. The number of hydrogen-bond donors (Lipinski definition) is 0. The number of rotatable bonds is 4. The molecule has 0 N–H and O–H groups in total. The van der Waals surface area contributed by atoms with Gasteiger partial charge in [0.05, 0.1) is 6.10 Å². The van der Waals surface area contributed by atoms with Gasteiger partial charge in [0.25, 0.3) is 0 Å². The first kappa shape index (κ1) is 14.4. The summed E-state index contributed by atoms with van der Waals surface area (Å²) in [7, 11) is 0. The van der Waals surface area contributed by atoms with Gasteiger partial charge in [-0.25, -0.2) is 0 Å². The molecule has 0 amide bonds. The molecule has 0 bridgehead atoms. The summed E-state index contributed by atoms with van der Waals surface area (Å²) in [5.74, 6) is 0. The molecule has 100 valence electrons. The van der Waals surface area contributed by atoms with Gasteiger partial charge in [-0.05, 0) is 31.6 Å². The van der Waals surface area contributed by atoms with Crippen molar-refractivity contribution < 1.29 is 14.4 Å². The van der Waals surface area contributed by atoms with Crippen LogP contribution in [0.3, 0.4) is 0 Å². The zero-order valence-corrected chi connectivity index (χ0v) is 11.1. The minimum Gasteiger partial charge on any atom is -0.350 e. The van der Waals surface area contributed by atoms with Crippen LogP contribution < -0.4 is 0 Å². The van der Waals surface area contributed by atoms with Gasteiger partial charge in [-0.3, -0.25) is 10.1 Å². The molecule has 1 rings (SSSR count). The van der Waals surface area contributed by atoms with E-state index < -0.39 is 6.10 Å². The van der Waals surface area contributed by atoms with Crippen LogP contribution in [0.4, 0.5) is 0 Å². The van der Waals surface area contributed by atoms with E-state index in [4.69, 9.17) is 9.47 Å². The second kappa shape index (κ2) is 5.78. The van der Waals surface area contributed by atoms with Gasteiger partial charge in [0, 0.05) is 4.92 Å². The average molecular weight is 245 g/mol. The summed E-state index contributed by atoms with van der Waals surface area (Å²) in [6.45, 7) is 7.70. The molecule has 5 heteroatoms. The van der Waals surface area contributed by atoms with Gasteiger partial charge < -0.3 is 9.47 Å². The van der Waals surface area contributed by atoms with Gasteiger partial charge in [-0.1, -0.05) is 20.8 Å². The summed E-state index contributed by atoms with van der Waals surface area (Å²) in [5.41, 5.74) is -0.253. The van der Waals surface area contributed by atoms with E-state index in [-0.39, 0.29) is 29.3 Å². The zero-order valence-electron chi connectivity index (χ0n) is 11.1. The molecule has 1 aliphatic rings. The van der Waals surface area contributed by atoms with Crippen LogP contribution in [0.15, 0.2) is 0 Å². The van der Waals surface area contributed by atoms with E-state index >= 15 is 0 Å². The van der Waals surface area contributed by atoms with E-state index in [0.29, 0.717) is 0 Å². The van der Waals surface area contributed by atoms with E-state index in [1.54, 1.807) is 0 Å². The van der Waals surface area contributed by atoms with E-state index in [0.717, 1.165) is 19.3 Å². The van der Waals surface area contributed by atoms with Gasteiger partial charge in [0.2, 0.25) is 6.54 Å².